The fraction of sp³-hybridized carbons (Fsp3) is 0.857. The molecular weight excluding hydrogens is 244 g/mol. The van der Waals surface area contributed by atoms with Crippen molar-refractivity contribution in [2.45, 2.75) is 39.5 Å². The van der Waals surface area contributed by atoms with Crippen molar-refractivity contribution in [1.82, 2.24) is 9.80 Å². The first-order valence-electron chi connectivity index (χ1n) is 7.31. The highest BCUT2D eigenvalue weighted by atomic mass is 16.4. The van der Waals surface area contributed by atoms with E-state index in [1.807, 2.05) is 4.90 Å². The summed E-state index contributed by atoms with van der Waals surface area (Å²) in [5, 5.41) is 8.93. The second-order valence-electron chi connectivity index (χ2n) is 5.26. The van der Waals surface area contributed by atoms with E-state index in [1.165, 1.54) is 0 Å². The molecule has 0 aromatic rings. The van der Waals surface area contributed by atoms with Gasteiger partial charge in [-0.3, -0.25) is 9.59 Å². The van der Waals surface area contributed by atoms with Crippen LogP contribution in [0.1, 0.15) is 39.5 Å². The molecule has 110 valence electrons. The Bertz CT molecular complexity index is 301. The number of likely N-dealkylation sites (tertiary alicyclic amines) is 1. The number of carbonyl (C=O) groups excluding carboxylic acids is 1. The molecule has 1 N–H and O–H groups in total. The van der Waals surface area contributed by atoms with Crippen LogP contribution in [0.15, 0.2) is 0 Å². The molecule has 0 radical (unpaired) electrons. The minimum Gasteiger partial charge on any atom is -0.481 e. The molecule has 0 aromatic carbocycles. The van der Waals surface area contributed by atoms with Crippen LogP contribution in [-0.4, -0.2) is 59.5 Å². The number of amides is 1. The molecule has 1 rings (SSSR count). The smallest absolute Gasteiger partial charge is 0.307 e. The van der Waals surface area contributed by atoms with Gasteiger partial charge in [0.1, 0.15) is 0 Å². The van der Waals surface area contributed by atoms with E-state index < -0.39 is 5.97 Å². The predicted octanol–water partition coefficient (Wildman–Crippen LogP) is 1.43. The summed E-state index contributed by atoms with van der Waals surface area (Å²) in [6, 6.07) is 0. The molecule has 1 saturated heterocycles. The third kappa shape index (κ3) is 5.19. The van der Waals surface area contributed by atoms with Crippen LogP contribution in [0.2, 0.25) is 0 Å². The Balaban J connectivity index is 2.31. The van der Waals surface area contributed by atoms with Crippen molar-refractivity contribution >= 4 is 11.9 Å². The Morgan fingerprint density at radius 3 is 2.37 bits per heavy atom. The first-order chi connectivity index (χ1) is 9.08. The predicted molar refractivity (Wildman–Crippen MR) is 74.0 cm³/mol. The van der Waals surface area contributed by atoms with Crippen molar-refractivity contribution in [2.24, 2.45) is 5.92 Å². The third-order valence-corrected chi connectivity index (χ3v) is 3.60. The van der Waals surface area contributed by atoms with Crippen molar-refractivity contribution in [3.8, 4) is 0 Å². The van der Waals surface area contributed by atoms with Crippen LogP contribution in [0.4, 0.5) is 0 Å². The van der Waals surface area contributed by atoms with Crippen LogP contribution < -0.4 is 0 Å². The summed E-state index contributed by atoms with van der Waals surface area (Å²) >= 11 is 0. The summed E-state index contributed by atoms with van der Waals surface area (Å²) < 4.78 is 0. The Kier molecular flexibility index (Phi) is 6.84. The summed E-state index contributed by atoms with van der Waals surface area (Å²) in [6.45, 7) is 7.87. The summed E-state index contributed by atoms with van der Waals surface area (Å²) in [4.78, 5) is 27.0. The topological polar surface area (TPSA) is 60.9 Å². The second kappa shape index (κ2) is 8.15. The Morgan fingerprint density at radius 2 is 1.89 bits per heavy atom. The average Bonchev–Trinajstić information content (AvgIpc) is 2.84. The van der Waals surface area contributed by atoms with Crippen LogP contribution in [-0.2, 0) is 9.59 Å². The van der Waals surface area contributed by atoms with Gasteiger partial charge in [-0.1, -0.05) is 13.8 Å². The first-order valence-corrected chi connectivity index (χ1v) is 7.31. The molecule has 0 aromatic heterocycles. The van der Waals surface area contributed by atoms with Crippen LogP contribution in [0.5, 0.6) is 0 Å². The lowest BCUT2D eigenvalue weighted by molar-refractivity contribution is -0.141. The normalized spacial score (nSPS) is 19.6. The average molecular weight is 270 g/mol. The number of hydrogen-bond acceptors (Lipinski definition) is 3. The molecule has 1 amide bonds. The molecule has 5 nitrogen and oxygen atoms in total. The lowest BCUT2D eigenvalue weighted by Gasteiger charge is -2.23. The van der Waals surface area contributed by atoms with Crippen molar-refractivity contribution in [1.29, 1.82) is 0 Å². The van der Waals surface area contributed by atoms with E-state index in [4.69, 9.17) is 5.11 Å². The maximum absolute atomic E-state index is 12.1. The van der Waals surface area contributed by atoms with Gasteiger partial charge in [-0.25, -0.2) is 0 Å². The van der Waals surface area contributed by atoms with E-state index in [0.29, 0.717) is 25.9 Å². The van der Waals surface area contributed by atoms with Gasteiger partial charge in [-0.15, -0.1) is 0 Å². The fourth-order valence-electron chi connectivity index (χ4n) is 2.55. The highest BCUT2D eigenvalue weighted by Crippen LogP contribution is 2.16. The van der Waals surface area contributed by atoms with E-state index >= 15 is 0 Å². The highest BCUT2D eigenvalue weighted by molar-refractivity contribution is 5.76. The van der Waals surface area contributed by atoms with E-state index in [0.717, 1.165) is 32.5 Å². The Labute approximate surface area is 115 Å². The molecule has 19 heavy (non-hydrogen) atoms. The number of aliphatic carboxylic acids is 1. The number of nitrogens with zero attached hydrogens (tertiary/aromatic N) is 2. The maximum atomic E-state index is 12.1. The Morgan fingerprint density at radius 1 is 1.26 bits per heavy atom. The molecule has 1 atom stereocenters. The minimum atomic E-state index is -0.715. The number of hydrogen-bond donors (Lipinski definition) is 1. The van der Waals surface area contributed by atoms with E-state index in [1.54, 1.807) is 0 Å². The van der Waals surface area contributed by atoms with Crippen molar-refractivity contribution in [2.75, 3.05) is 32.7 Å². The van der Waals surface area contributed by atoms with Gasteiger partial charge in [0.05, 0.1) is 5.92 Å². The molecule has 1 unspecified atom stereocenters. The van der Waals surface area contributed by atoms with Gasteiger partial charge < -0.3 is 14.9 Å². The van der Waals surface area contributed by atoms with Gasteiger partial charge in [0.2, 0.25) is 5.91 Å². The molecule has 0 bridgehead atoms. The second-order valence-corrected chi connectivity index (χ2v) is 5.26. The van der Waals surface area contributed by atoms with Gasteiger partial charge in [-0.2, -0.15) is 0 Å². The molecule has 1 heterocycles. The van der Waals surface area contributed by atoms with Gasteiger partial charge in [-0.05, 0) is 25.8 Å². The lowest BCUT2D eigenvalue weighted by atomic mass is 10.1. The van der Waals surface area contributed by atoms with Crippen LogP contribution >= 0.6 is 0 Å². The van der Waals surface area contributed by atoms with Crippen LogP contribution in [0.25, 0.3) is 0 Å². The number of rotatable bonds is 8. The molecule has 1 aliphatic heterocycles. The first kappa shape index (κ1) is 16.0. The zero-order chi connectivity index (χ0) is 14.3. The summed E-state index contributed by atoms with van der Waals surface area (Å²) in [6.07, 6.45) is 3.18. The van der Waals surface area contributed by atoms with E-state index in [9.17, 15) is 9.59 Å². The number of carboxylic acids is 1. The van der Waals surface area contributed by atoms with E-state index in [-0.39, 0.29) is 11.8 Å². The fourth-order valence-corrected chi connectivity index (χ4v) is 2.55. The van der Waals surface area contributed by atoms with Gasteiger partial charge in [0.25, 0.3) is 0 Å². The van der Waals surface area contributed by atoms with Gasteiger partial charge in [0.15, 0.2) is 0 Å². The molecule has 0 saturated carbocycles. The molecule has 1 aliphatic rings. The monoisotopic (exact) mass is 270 g/mol. The zero-order valence-corrected chi connectivity index (χ0v) is 12.1. The van der Waals surface area contributed by atoms with Crippen LogP contribution in [0.3, 0.4) is 0 Å². The maximum Gasteiger partial charge on any atom is 0.307 e. The highest BCUT2D eigenvalue weighted by Gasteiger charge is 2.28. The Hall–Kier alpha value is -1.10. The SMILES string of the molecule is CCCN(CCC)C(=O)CCN1CCC(C(=O)O)C1. The number of carboxylic acid groups (broad SMARTS) is 1. The van der Waals surface area contributed by atoms with Crippen molar-refractivity contribution in [3.05, 3.63) is 0 Å². The van der Waals surface area contributed by atoms with Gasteiger partial charge in [0, 0.05) is 32.6 Å². The lowest BCUT2D eigenvalue weighted by Crippen LogP contribution is -2.35. The molecular formula is C14H26N2O3. The standard InChI is InChI=1S/C14H26N2O3/c1-3-7-16(8-4-2)13(17)6-10-15-9-5-12(11-15)14(18)19/h12H,3-11H2,1-2H3,(H,18,19). The minimum absolute atomic E-state index is 0.197. The van der Waals surface area contributed by atoms with Crippen molar-refractivity contribution in [3.63, 3.8) is 0 Å². The van der Waals surface area contributed by atoms with E-state index in [2.05, 4.69) is 18.7 Å². The summed E-state index contributed by atoms with van der Waals surface area (Å²) in [5.74, 6) is -0.771. The largest absolute Gasteiger partial charge is 0.481 e. The third-order valence-electron chi connectivity index (χ3n) is 3.60. The quantitative estimate of drug-likeness (QED) is 0.725. The molecule has 1 fully saturated rings. The molecule has 5 heteroatoms. The molecule has 0 spiro atoms. The van der Waals surface area contributed by atoms with Gasteiger partial charge >= 0.3 is 5.97 Å². The summed E-state index contributed by atoms with van der Waals surface area (Å²) in [5.41, 5.74) is 0. The summed E-state index contributed by atoms with van der Waals surface area (Å²) in [7, 11) is 0. The van der Waals surface area contributed by atoms with Crippen LogP contribution in [0, 0.1) is 5.92 Å². The zero-order valence-electron chi connectivity index (χ0n) is 12.1. The van der Waals surface area contributed by atoms with Crippen molar-refractivity contribution < 1.29 is 14.7 Å². The molecule has 0 aliphatic carbocycles. The number of carbonyl (C=O) groups is 2.